The molecule has 0 aliphatic heterocycles. The summed E-state index contributed by atoms with van der Waals surface area (Å²) < 4.78 is 0. The second kappa shape index (κ2) is 6.83. The van der Waals surface area contributed by atoms with Crippen molar-refractivity contribution < 1.29 is 4.79 Å². The Balaban J connectivity index is 1.99. The first kappa shape index (κ1) is 15.7. The molecule has 3 nitrogen and oxygen atoms in total. The van der Waals surface area contributed by atoms with Crippen molar-refractivity contribution in [1.29, 1.82) is 0 Å². The third kappa shape index (κ3) is 4.13. The Labute approximate surface area is 134 Å². The Morgan fingerprint density at radius 1 is 1.10 bits per heavy atom. The molecule has 2 N–H and O–H groups in total. The second-order valence-electron chi connectivity index (χ2n) is 4.82. The van der Waals surface area contributed by atoms with Crippen LogP contribution < -0.4 is 10.6 Å². The maximum absolute atomic E-state index is 12.0. The summed E-state index contributed by atoms with van der Waals surface area (Å²) in [6, 6.07) is 11.1. The third-order valence-corrected chi connectivity index (χ3v) is 3.67. The van der Waals surface area contributed by atoms with Crippen molar-refractivity contribution in [3.8, 4) is 0 Å². The number of carbonyl (C=O) groups is 1. The Kier molecular flexibility index (Phi) is 5.10. The van der Waals surface area contributed by atoms with Gasteiger partial charge in [-0.25, -0.2) is 0 Å². The molecule has 0 fully saturated rings. The number of aryl methyl sites for hydroxylation is 2. The van der Waals surface area contributed by atoms with Crippen LogP contribution in [0.3, 0.4) is 0 Å². The molecule has 1 amide bonds. The fraction of sp³-hybridized carbons (Fsp3) is 0.188. The largest absolute Gasteiger partial charge is 0.374 e. The normalized spacial score (nSPS) is 10.3. The van der Waals surface area contributed by atoms with Crippen LogP contribution in [0.2, 0.25) is 10.0 Å². The van der Waals surface area contributed by atoms with Crippen molar-refractivity contribution in [3.63, 3.8) is 0 Å². The molecule has 0 unspecified atom stereocenters. The van der Waals surface area contributed by atoms with E-state index in [0.29, 0.717) is 15.7 Å². The van der Waals surface area contributed by atoms with E-state index < -0.39 is 0 Å². The van der Waals surface area contributed by atoms with Crippen molar-refractivity contribution >= 4 is 40.5 Å². The Bertz CT molecular complexity index is 651. The smallest absolute Gasteiger partial charge is 0.243 e. The van der Waals surface area contributed by atoms with Gasteiger partial charge >= 0.3 is 0 Å². The molecule has 0 bridgehead atoms. The van der Waals surface area contributed by atoms with Crippen LogP contribution in [0.1, 0.15) is 11.1 Å². The van der Waals surface area contributed by atoms with E-state index in [4.69, 9.17) is 23.2 Å². The number of para-hydroxylation sites is 1. The summed E-state index contributed by atoms with van der Waals surface area (Å²) in [5.41, 5.74) is 3.56. The lowest BCUT2D eigenvalue weighted by molar-refractivity contribution is -0.114. The molecular formula is C16H16Cl2N2O. The molecule has 0 aliphatic rings. The van der Waals surface area contributed by atoms with Crippen LogP contribution in [-0.4, -0.2) is 12.5 Å². The van der Waals surface area contributed by atoms with Gasteiger partial charge in [0.25, 0.3) is 0 Å². The number of carbonyl (C=O) groups excluding carboxylic acids is 1. The molecule has 5 heteroatoms. The molecule has 2 aromatic rings. The van der Waals surface area contributed by atoms with Gasteiger partial charge in [0, 0.05) is 5.69 Å². The average molecular weight is 323 g/mol. The highest BCUT2D eigenvalue weighted by Gasteiger charge is 2.08. The lowest BCUT2D eigenvalue weighted by Crippen LogP contribution is -2.22. The lowest BCUT2D eigenvalue weighted by atomic mass is 10.1. The standard InChI is InChI=1S/C16H16Cl2N2O/c1-10-6-7-14(11(2)8-10)20-15(21)9-19-16-12(17)4-3-5-13(16)18/h3-8,19H,9H2,1-2H3,(H,20,21). The van der Waals surface area contributed by atoms with E-state index in [-0.39, 0.29) is 12.5 Å². The number of halogens is 2. The predicted molar refractivity (Wildman–Crippen MR) is 89.5 cm³/mol. The van der Waals surface area contributed by atoms with Crippen molar-refractivity contribution in [2.75, 3.05) is 17.2 Å². The summed E-state index contributed by atoms with van der Waals surface area (Å²) in [6.07, 6.45) is 0. The topological polar surface area (TPSA) is 41.1 Å². The highest BCUT2D eigenvalue weighted by molar-refractivity contribution is 6.39. The van der Waals surface area contributed by atoms with Gasteiger partial charge in [-0.15, -0.1) is 0 Å². The van der Waals surface area contributed by atoms with Gasteiger partial charge in [-0.1, -0.05) is 47.0 Å². The van der Waals surface area contributed by atoms with E-state index in [0.717, 1.165) is 16.8 Å². The van der Waals surface area contributed by atoms with Crippen LogP contribution in [0.5, 0.6) is 0 Å². The molecule has 0 aliphatic carbocycles. The number of nitrogens with one attached hydrogen (secondary N) is 2. The first-order valence-corrected chi connectivity index (χ1v) is 7.28. The van der Waals surface area contributed by atoms with Crippen LogP contribution in [0.4, 0.5) is 11.4 Å². The average Bonchev–Trinajstić information content (AvgIpc) is 2.41. The SMILES string of the molecule is Cc1ccc(NC(=O)CNc2c(Cl)cccc2Cl)c(C)c1. The van der Waals surface area contributed by atoms with E-state index in [1.54, 1.807) is 18.2 Å². The van der Waals surface area contributed by atoms with Crippen molar-refractivity contribution in [2.24, 2.45) is 0 Å². The van der Waals surface area contributed by atoms with E-state index in [9.17, 15) is 4.79 Å². The minimum atomic E-state index is -0.155. The van der Waals surface area contributed by atoms with E-state index in [1.165, 1.54) is 0 Å². The number of amides is 1. The first-order valence-electron chi connectivity index (χ1n) is 6.52. The number of benzene rings is 2. The van der Waals surface area contributed by atoms with Crippen LogP contribution in [-0.2, 0) is 4.79 Å². The summed E-state index contributed by atoms with van der Waals surface area (Å²) >= 11 is 12.1. The van der Waals surface area contributed by atoms with Gasteiger partial charge in [0.05, 0.1) is 22.3 Å². The summed E-state index contributed by atoms with van der Waals surface area (Å²) in [6.45, 7) is 4.07. The molecule has 0 atom stereocenters. The van der Waals surface area contributed by atoms with Gasteiger partial charge < -0.3 is 10.6 Å². The molecular weight excluding hydrogens is 307 g/mol. The fourth-order valence-electron chi connectivity index (χ4n) is 1.98. The molecule has 0 saturated heterocycles. The van der Waals surface area contributed by atoms with Crippen molar-refractivity contribution in [1.82, 2.24) is 0 Å². The monoisotopic (exact) mass is 322 g/mol. The zero-order valence-electron chi connectivity index (χ0n) is 11.8. The molecule has 0 saturated carbocycles. The zero-order valence-corrected chi connectivity index (χ0v) is 13.3. The van der Waals surface area contributed by atoms with Crippen LogP contribution >= 0.6 is 23.2 Å². The quantitative estimate of drug-likeness (QED) is 0.859. The number of rotatable bonds is 4. The fourth-order valence-corrected chi connectivity index (χ4v) is 2.51. The van der Waals surface area contributed by atoms with Gasteiger partial charge in [0.1, 0.15) is 0 Å². The number of anilines is 2. The molecule has 2 rings (SSSR count). The molecule has 0 heterocycles. The van der Waals surface area contributed by atoms with Crippen LogP contribution in [0.15, 0.2) is 36.4 Å². The molecule has 2 aromatic carbocycles. The second-order valence-corrected chi connectivity index (χ2v) is 5.63. The number of hydrogen-bond acceptors (Lipinski definition) is 2. The molecule has 0 aromatic heterocycles. The summed E-state index contributed by atoms with van der Waals surface area (Å²) in [5.74, 6) is -0.155. The summed E-state index contributed by atoms with van der Waals surface area (Å²) in [5, 5.41) is 6.79. The van der Waals surface area contributed by atoms with Gasteiger partial charge in [0.15, 0.2) is 0 Å². The predicted octanol–water partition coefficient (Wildman–Crippen LogP) is 4.66. The van der Waals surface area contributed by atoms with Gasteiger partial charge in [-0.05, 0) is 37.6 Å². The molecule has 21 heavy (non-hydrogen) atoms. The summed E-state index contributed by atoms with van der Waals surface area (Å²) in [7, 11) is 0. The highest BCUT2D eigenvalue weighted by Crippen LogP contribution is 2.29. The third-order valence-electron chi connectivity index (χ3n) is 3.04. The van der Waals surface area contributed by atoms with Gasteiger partial charge in [0.2, 0.25) is 5.91 Å². The molecule has 0 spiro atoms. The van der Waals surface area contributed by atoms with Crippen LogP contribution in [0.25, 0.3) is 0 Å². The Morgan fingerprint density at radius 3 is 2.38 bits per heavy atom. The Morgan fingerprint density at radius 2 is 1.76 bits per heavy atom. The van der Waals surface area contributed by atoms with Crippen molar-refractivity contribution in [3.05, 3.63) is 57.6 Å². The molecule has 0 radical (unpaired) electrons. The summed E-state index contributed by atoms with van der Waals surface area (Å²) in [4.78, 5) is 12.0. The zero-order chi connectivity index (χ0) is 15.4. The van der Waals surface area contributed by atoms with E-state index in [1.807, 2.05) is 32.0 Å². The van der Waals surface area contributed by atoms with E-state index in [2.05, 4.69) is 10.6 Å². The lowest BCUT2D eigenvalue weighted by Gasteiger charge is -2.12. The minimum Gasteiger partial charge on any atom is -0.374 e. The number of hydrogen-bond donors (Lipinski definition) is 2. The minimum absolute atomic E-state index is 0.0940. The Hall–Kier alpha value is -1.71. The van der Waals surface area contributed by atoms with Gasteiger partial charge in [-0.2, -0.15) is 0 Å². The van der Waals surface area contributed by atoms with E-state index >= 15 is 0 Å². The maximum atomic E-state index is 12.0. The first-order chi connectivity index (χ1) is 9.97. The van der Waals surface area contributed by atoms with Gasteiger partial charge in [-0.3, -0.25) is 4.79 Å². The maximum Gasteiger partial charge on any atom is 0.243 e. The van der Waals surface area contributed by atoms with Crippen molar-refractivity contribution in [2.45, 2.75) is 13.8 Å². The molecule has 110 valence electrons. The highest BCUT2D eigenvalue weighted by atomic mass is 35.5. The van der Waals surface area contributed by atoms with Crippen LogP contribution in [0, 0.1) is 13.8 Å².